The molecule has 1 heterocycles. The van der Waals surface area contributed by atoms with Crippen LogP contribution < -0.4 is 5.73 Å². The molecule has 1 aromatic heterocycles. The lowest BCUT2D eigenvalue weighted by Gasteiger charge is -2.11. The normalized spacial score (nSPS) is 12.7. The van der Waals surface area contributed by atoms with Gasteiger partial charge in [-0.15, -0.1) is 0 Å². The highest BCUT2D eigenvalue weighted by Gasteiger charge is 2.10. The van der Waals surface area contributed by atoms with E-state index in [1.54, 1.807) is 0 Å². The Morgan fingerprint density at radius 3 is 2.67 bits per heavy atom. The second kappa shape index (κ2) is 4.96. The van der Waals surface area contributed by atoms with E-state index in [1.165, 1.54) is 5.69 Å². The topological polar surface area (TPSA) is 67.7 Å². The van der Waals surface area contributed by atoms with Gasteiger partial charge in [0.15, 0.2) is 0 Å². The molecular weight excluding hydrogens is 188 g/mol. The summed E-state index contributed by atoms with van der Waals surface area (Å²) < 4.78 is 1.98. The smallest absolute Gasteiger partial charge is 0.0952 e. The Bertz CT molecular complexity index is 340. The van der Waals surface area contributed by atoms with E-state index in [1.807, 2.05) is 11.6 Å². The number of aryl methyl sites for hydroxylation is 2. The molecule has 0 aliphatic rings. The van der Waals surface area contributed by atoms with Crippen LogP contribution in [0.25, 0.3) is 0 Å². The summed E-state index contributed by atoms with van der Waals surface area (Å²) in [5.74, 6) is 0.283. The van der Waals surface area contributed by atoms with E-state index < -0.39 is 0 Å². The van der Waals surface area contributed by atoms with E-state index in [9.17, 15) is 0 Å². The van der Waals surface area contributed by atoms with Crippen LogP contribution in [0.15, 0.2) is 6.07 Å². The van der Waals surface area contributed by atoms with Gasteiger partial charge >= 0.3 is 0 Å². The molecule has 4 nitrogen and oxygen atoms in total. The second-order valence-electron chi connectivity index (χ2n) is 3.87. The molecule has 0 fully saturated rings. The van der Waals surface area contributed by atoms with Crippen LogP contribution in [0.4, 0.5) is 0 Å². The van der Waals surface area contributed by atoms with Crippen LogP contribution in [-0.4, -0.2) is 15.6 Å². The highest BCUT2D eigenvalue weighted by molar-refractivity contribution is 5.79. The number of nitrogens with two attached hydrogens (primary N) is 1. The molecule has 0 saturated heterocycles. The van der Waals surface area contributed by atoms with Gasteiger partial charge in [0.1, 0.15) is 0 Å². The van der Waals surface area contributed by atoms with E-state index >= 15 is 0 Å². The molecule has 0 aliphatic carbocycles. The van der Waals surface area contributed by atoms with Gasteiger partial charge < -0.3 is 5.73 Å². The highest BCUT2D eigenvalue weighted by atomic mass is 15.3. The summed E-state index contributed by atoms with van der Waals surface area (Å²) in [6.07, 6.45) is 1.92. The van der Waals surface area contributed by atoms with Crippen LogP contribution in [0.1, 0.15) is 32.2 Å². The van der Waals surface area contributed by atoms with Crippen molar-refractivity contribution >= 4 is 5.84 Å². The number of aromatic nitrogens is 2. The minimum absolute atomic E-state index is 0.0555. The first-order chi connectivity index (χ1) is 7.08. The molecule has 0 bridgehead atoms. The fourth-order valence-corrected chi connectivity index (χ4v) is 1.49. The van der Waals surface area contributed by atoms with Gasteiger partial charge in [-0.2, -0.15) is 5.10 Å². The third-order valence-corrected chi connectivity index (χ3v) is 2.62. The lowest BCUT2D eigenvalue weighted by molar-refractivity contribution is 0.515. The molecule has 3 N–H and O–H groups in total. The summed E-state index contributed by atoms with van der Waals surface area (Å²) in [5, 5.41) is 11.9. The Balaban J connectivity index is 2.83. The van der Waals surface area contributed by atoms with Gasteiger partial charge in [-0.05, 0) is 18.9 Å². The molecule has 4 heteroatoms. The predicted molar refractivity (Wildman–Crippen MR) is 62.1 cm³/mol. The number of hydrogen-bond donors (Lipinski definition) is 2. The summed E-state index contributed by atoms with van der Waals surface area (Å²) in [4.78, 5) is 0. The zero-order valence-corrected chi connectivity index (χ0v) is 9.75. The largest absolute Gasteiger partial charge is 0.387 e. The first-order valence-corrected chi connectivity index (χ1v) is 5.48. The van der Waals surface area contributed by atoms with Crippen molar-refractivity contribution in [2.45, 2.75) is 40.2 Å². The zero-order chi connectivity index (χ0) is 11.4. The molecule has 84 valence electrons. The fourth-order valence-electron chi connectivity index (χ4n) is 1.49. The summed E-state index contributed by atoms with van der Waals surface area (Å²) in [6.45, 7) is 6.87. The van der Waals surface area contributed by atoms with Crippen molar-refractivity contribution in [3.05, 3.63) is 17.5 Å². The van der Waals surface area contributed by atoms with Crippen LogP contribution in [0.3, 0.4) is 0 Å². The fraction of sp³-hybridized carbons (Fsp3) is 0.636. The average Bonchev–Trinajstić information content (AvgIpc) is 2.60. The molecule has 0 saturated carbocycles. The van der Waals surface area contributed by atoms with Gasteiger partial charge in [0.05, 0.1) is 18.1 Å². The molecule has 1 aromatic rings. The standard InChI is InChI=1S/C11H20N4/c1-4-9-6-10(5-2)15(14-9)7-8(3)11(12)13/h6,8H,4-5,7H2,1-3H3,(H3,12,13). The Labute approximate surface area is 91.0 Å². The maximum atomic E-state index is 7.37. The lowest BCUT2D eigenvalue weighted by Crippen LogP contribution is -2.25. The molecule has 0 spiro atoms. The predicted octanol–water partition coefficient (Wildman–Crippen LogP) is 1.58. The number of nitrogens with zero attached hydrogens (tertiary/aromatic N) is 2. The van der Waals surface area contributed by atoms with Crippen LogP contribution in [0.2, 0.25) is 0 Å². The summed E-state index contributed by atoms with van der Waals surface area (Å²) in [6, 6.07) is 2.13. The Hall–Kier alpha value is -1.32. The monoisotopic (exact) mass is 208 g/mol. The molecule has 1 unspecified atom stereocenters. The van der Waals surface area contributed by atoms with Crippen LogP contribution in [0.5, 0.6) is 0 Å². The Kier molecular flexibility index (Phi) is 3.88. The number of amidine groups is 1. The summed E-state index contributed by atoms with van der Waals surface area (Å²) in [7, 11) is 0. The van der Waals surface area contributed by atoms with E-state index in [4.69, 9.17) is 11.1 Å². The second-order valence-corrected chi connectivity index (χ2v) is 3.87. The van der Waals surface area contributed by atoms with E-state index in [0.717, 1.165) is 18.5 Å². The van der Waals surface area contributed by atoms with Crippen molar-refractivity contribution in [3.63, 3.8) is 0 Å². The maximum absolute atomic E-state index is 7.37. The van der Waals surface area contributed by atoms with Crippen LogP contribution in [-0.2, 0) is 19.4 Å². The zero-order valence-electron chi connectivity index (χ0n) is 9.75. The third kappa shape index (κ3) is 2.81. The first kappa shape index (κ1) is 11.8. The summed E-state index contributed by atoms with van der Waals surface area (Å²) >= 11 is 0. The molecule has 0 aliphatic heterocycles. The number of hydrogen-bond acceptors (Lipinski definition) is 2. The van der Waals surface area contributed by atoms with E-state index in [0.29, 0.717) is 6.54 Å². The van der Waals surface area contributed by atoms with E-state index in [-0.39, 0.29) is 11.8 Å². The van der Waals surface area contributed by atoms with Crippen LogP contribution >= 0.6 is 0 Å². The van der Waals surface area contributed by atoms with Gasteiger partial charge in [0.2, 0.25) is 0 Å². The van der Waals surface area contributed by atoms with Gasteiger partial charge in [-0.25, -0.2) is 0 Å². The van der Waals surface area contributed by atoms with E-state index in [2.05, 4.69) is 25.0 Å². The highest BCUT2D eigenvalue weighted by Crippen LogP contribution is 2.09. The Morgan fingerprint density at radius 2 is 2.20 bits per heavy atom. The van der Waals surface area contributed by atoms with Gasteiger partial charge in [-0.1, -0.05) is 20.8 Å². The van der Waals surface area contributed by atoms with Crippen LogP contribution in [0, 0.1) is 11.3 Å². The van der Waals surface area contributed by atoms with Crippen molar-refractivity contribution in [3.8, 4) is 0 Å². The van der Waals surface area contributed by atoms with Crippen molar-refractivity contribution < 1.29 is 0 Å². The molecule has 0 amide bonds. The molecule has 0 aromatic carbocycles. The average molecular weight is 208 g/mol. The van der Waals surface area contributed by atoms with Gasteiger partial charge in [0, 0.05) is 11.6 Å². The first-order valence-electron chi connectivity index (χ1n) is 5.48. The Morgan fingerprint density at radius 1 is 1.53 bits per heavy atom. The molecule has 1 rings (SSSR count). The lowest BCUT2D eigenvalue weighted by atomic mass is 10.1. The van der Waals surface area contributed by atoms with Gasteiger partial charge in [0.25, 0.3) is 0 Å². The minimum atomic E-state index is 0.0555. The van der Waals surface area contributed by atoms with Gasteiger partial charge in [-0.3, -0.25) is 10.1 Å². The third-order valence-electron chi connectivity index (χ3n) is 2.62. The summed E-state index contributed by atoms with van der Waals surface area (Å²) in [5.41, 5.74) is 7.79. The van der Waals surface area contributed by atoms with Crippen molar-refractivity contribution in [1.29, 1.82) is 5.41 Å². The SMILES string of the molecule is CCc1cc(CC)n(CC(C)C(=N)N)n1. The quantitative estimate of drug-likeness (QED) is 0.570. The number of rotatable bonds is 5. The molecular formula is C11H20N4. The van der Waals surface area contributed by atoms with Crippen molar-refractivity contribution in [2.75, 3.05) is 0 Å². The molecule has 0 radical (unpaired) electrons. The maximum Gasteiger partial charge on any atom is 0.0952 e. The van der Waals surface area contributed by atoms with Crippen molar-refractivity contribution in [1.82, 2.24) is 9.78 Å². The minimum Gasteiger partial charge on any atom is -0.387 e. The number of nitrogens with one attached hydrogen (secondary N) is 1. The molecule has 15 heavy (non-hydrogen) atoms. The van der Waals surface area contributed by atoms with Crippen molar-refractivity contribution in [2.24, 2.45) is 11.7 Å². The molecule has 1 atom stereocenters.